The molecule has 2 rings (SSSR count). The highest BCUT2D eigenvalue weighted by Gasteiger charge is 2.13. The summed E-state index contributed by atoms with van der Waals surface area (Å²) in [6.07, 6.45) is 1.98. The molecule has 0 bridgehead atoms. The summed E-state index contributed by atoms with van der Waals surface area (Å²) in [5.41, 5.74) is 2.84. The molecule has 0 atom stereocenters. The van der Waals surface area contributed by atoms with Crippen molar-refractivity contribution in [2.24, 2.45) is 0 Å². The molecule has 0 saturated heterocycles. The predicted octanol–water partition coefficient (Wildman–Crippen LogP) is 0.884. The quantitative estimate of drug-likeness (QED) is 0.857. The molecule has 0 aromatic carbocycles. The number of rotatable bonds is 5. The van der Waals surface area contributed by atoms with Crippen LogP contribution in [0.3, 0.4) is 0 Å². The standard InChI is InChI=1S/C15H21N5O2/c1-5-20-10(3)12(9(2)19-20)6-7-16-14(21)13-8-17-11(4)18-15(13)22/h8H,5-7H2,1-4H3,(H,16,21)(H,17,18,22). The van der Waals surface area contributed by atoms with Crippen molar-refractivity contribution in [2.75, 3.05) is 6.54 Å². The topological polar surface area (TPSA) is 92.7 Å². The van der Waals surface area contributed by atoms with Crippen molar-refractivity contribution in [3.05, 3.63) is 44.9 Å². The fourth-order valence-electron chi connectivity index (χ4n) is 2.45. The number of aromatic amines is 1. The Hall–Kier alpha value is -2.44. The number of amides is 1. The molecule has 0 fully saturated rings. The Balaban J connectivity index is 2.01. The van der Waals surface area contributed by atoms with Crippen molar-refractivity contribution in [2.45, 2.75) is 40.7 Å². The Labute approximate surface area is 128 Å². The van der Waals surface area contributed by atoms with Crippen molar-refractivity contribution in [1.29, 1.82) is 0 Å². The van der Waals surface area contributed by atoms with E-state index in [1.165, 1.54) is 6.20 Å². The fourth-order valence-corrected chi connectivity index (χ4v) is 2.45. The number of carbonyl (C=O) groups excluding carboxylic acids is 1. The molecular formula is C15H21N5O2. The summed E-state index contributed by atoms with van der Waals surface area (Å²) in [5.74, 6) is 0.0757. The SMILES string of the molecule is CCn1nc(C)c(CCNC(=O)c2cnc(C)[nH]c2=O)c1C. The predicted molar refractivity (Wildman–Crippen MR) is 83.0 cm³/mol. The van der Waals surface area contributed by atoms with Gasteiger partial charge in [0.2, 0.25) is 0 Å². The van der Waals surface area contributed by atoms with Gasteiger partial charge >= 0.3 is 0 Å². The van der Waals surface area contributed by atoms with E-state index in [1.54, 1.807) is 6.92 Å². The van der Waals surface area contributed by atoms with Gasteiger partial charge in [-0.3, -0.25) is 14.3 Å². The lowest BCUT2D eigenvalue weighted by atomic mass is 10.1. The lowest BCUT2D eigenvalue weighted by molar-refractivity contribution is 0.0952. The van der Waals surface area contributed by atoms with Gasteiger partial charge in [0.05, 0.1) is 5.69 Å². The third-order valence-corrected chi connectivity index (χ3v) is 3.66. The van der Waals surface area contributed by atoms with E-state index in [0.29, 0.717) is 18.8 Å². The smallest absolute Gasteiger partial charge is 0.263 e. The molecule has 1 amide bonds. The lowest BCUT2D eigenvalue weighted by Gasteiger charge is -2.06. The number of nitrogens with zero attached hydrogens (tertiary/aromatic N) is 3. The Morgan fingerprint density at radius 1 is 1.36 bits per heavy atom. The maximum atomic E-state index is 12.0. The first-order chi connectivity index (χ1) is 10.4. The van der Waals surface area contributed by atoms with Gasteiger partial charge in [-0.25, -0.2) is 4.98 Å². The van der Waals surface area contributed by atoms with Gasteiger partial charge in [-0.1, -0.05) is 0 Å². The summed E-state index contributed by atoms with van der Waals surface area (Å²) in [6, 6.07) is 0. The van der Waals surface area contributed by atoms with E-state index in [2.05, 4.69) is 20.4 Å². The first kappa shape index (κ1) is 15.9. The molecule has 2 aromatic heterocycles. The largest absolute Gasteiger partial charge is 0.351 e. The van der Waals surface area contributed by atoms with Crippen LogP contribution in [0, 0.1) is 20.8 Å². The molecule has 0 radical (unpaired) electrons. The second-order valence-corrected chi connectivity index (χ2v) is 5.18. The number of aromatic nitrogens is 4. The van der Waals surface area contributed by atoms with Gasteiger partial charge in [-0.05, 0) is 39.7 Å². The van der Waals surface area contributed by atoms with Gasteiger partial charge in [0.25, 0.3) is 11.5 Å². The Morgan fingerprint density at radius 2 is 2.09 bits per heavy atom. The molecule has 7 heteroatoms. The summed E-state index contributed by atoms with van der Waals surface area (Å²) in [6.45, 7) is 8.97. The van der Waals surface area contributed by atoms with Crippen LogP contribution in [0.4, 0.5) is 0 Å². The van der Waals surface area contributed by atoms with E-state index >= 15 is 0 Å². The lowest BCUT2D eigenvalue weighted by Crippen LogP contribution is -2.31. The van der Waals surface area contributed by atoms with E-state index in [-0.39, 0.29) is 5.56 Å². The van der Waals surface area contributed by atoms with Crippen LogP contribution in [0.5, 0.6) is 0 Å². The third kappa shape index (κ3) is 3.24. The van der Waals surface area contributed by atoms with Crippen molar-refractivity contribution >= 4 is 5.91 Å². The second-order valence-electron chi connectivity index (χ2n) is 5.18. The van der Waals surface area contributed by atoms with Crippen LogP contribution < -0.4 is 10.9 Å². The number of carbonyl (C=O) groups is 1. The average Bonchev–Trinajstić information content (AvgIpc) is 2.74. The van der Waals surface area contributed by atoms with E-state index in [9.17, 15) is 9.59 Å². The molecule has 22 heavy (non-hydrogen) atoms. The van der Waals surface area contributed by atoms with Crippen LogP contribution in [0.2, 0.25) is 0 Å². The molecular weight excluding hydrogens is 282 g/mol. The number of aryl methyl sites for hydroxylation is 3. The third-order valence-electron chi connectivity index (χ3n) is 3.66. The molecule has 0 aliphatic heterocycles. The molecule has 0 aliphatic carbocycles. The first-order valence-electron chi connectivity index (χ1n) is 7.31. The highest BCUT2D eigenvalue weighted by atomic mass is 16.2. The molecule has 7 nitrogen and oxygen atoms in total. The Kier molecular flexibility index (Phi) is 4.75. The van der Waals surface area contributed by atoms with Gasteiger partial charge in [0, 0.05) is 25.0 Å². The molecule has 0 unspecified atom stereocenters. The minimum atomic E-state index is -0.420. The Bertz CT molecular complexity index is 745. The van der Waals surface area contributed by atoms with Gasteiger partial charge in [-0.15, -0.1) is 0 Å². The summed E-state index contributed by atoms with van der Waals surface area (Å²) in [5, 5.41) is 7.20. The normalized spacial score (nSPS) is 10.7. The fraction of sp³-hybridized carbons (Fsp3) is 0.467. The molecule has 2 aromatic rings. The van der Waals surface area contributed by atoms with Gasteiger partial charge in [0.15, 0.2) is 0 Å². The van der Waals surface area contributed by atoms with Crippen molar-refractivity contribution in [3.63, 3.8) is 0 Å². The molecule has 0 spiro atoms. The summed E-state index contributed by atoms with van der Waals surface area (Å²) < 4.78 is 1.95. The molecule has 2 N–H and O–H groups in total. The van der Waals surface area contributed by atoms with Crippen LogP contribution in [0.15, 0.2) is 11.0 Å². The van der Waals surface area contributed by atoms with Gasteiger partial charge in [0.1, 0.15) is 11.4 Å². The molecule has 2 heterocycles. The van der Waals surface area contributed by atoms with Crippen molar-refractivity contribution < 1.29 is 4.79 Å². The number of hydrogen-bond acceptors (Lipinski definition) is 4. The minimum absolute atomic E-state index is 0.0308. The van der Waals surface area contributed by atoms with Gasteiger partial charge in [-0.2, -0.15) is 5.10 Å². The van der Waals surface area contributed by atoms with Gasteiger partial charge < -0.3 is 10.3 Å². The summed E-state index contributed by atoms with van der Waals surface area (Å²) >= 11 is 0. The van der Waals surface area contributed by atoms with Crippen molar-refractivity contribution in [3.8, 4) is 0 Å². The Morgan fingerprint density at radius 3 is 2.68 bits per heavy atom. The summed E-state index contributed by atoms with van der Waals surface area (Å²) in [4.78, 5) is 30.2. The number of nitrogens with one attached hydrogen (secondary N) is 2. The van der Waals surface area contributed by atoms with Crippen LogP contribution >= 0.6 is 0 Å². The van der Waals surface area contributed by atoms with E-state index in [4.69, 9.17) is 0 Å². The zero-order valence-electron chi connectivity index (χ0n) is 13.4. The second kappa shape index (κ2) is 6.55. The molecule has 0 aliphatic rings. The highest BCUT2D eigenvalue weighted by molar-refractivity contribution is 5.93. The zero-order chi connectivity index (χ0) is 16.3. The number of hydrogen-bond donors (Lipinski definition) is 2. The number of H-pyrrole nitrogens is 1. The zero-order valence-corrected chi connectivity index (χ0v) is 13.4. The van der Waals surface area contributed by atoms with Crippen molar-refractivity contribution in [1.82, 2.24) is 25.1 Å². The highest BCUT2D eigenvalue weighted by Crippen LogP contribution is 2.13. The van der Waals surface area contributed by atoms with Crippen LogP contribution in [0.25, 0.3) is 0 Å². The van der Waals surface area contributed by atoms with E-state index in [0.717, 1.165) is 23.5 Å². The molecule has 0 saturated carbocycles. The minimum Gasteiger partial charge on any atom is -0.351 e. The molecule has 118 valence electrons. The van der Waals surface area contributed by atoms with Crippen LogP contribution in [-0.4, -0.2) is 32.2 Å². The first-order valence-corrected chi connectivity index (χ1v) is 7.31. The van der Waals surface area contributed by atoms with E-state index < -0.39 is 11.5 Å². The maximum Gasteiger partial charge on any atom is 0.263 e. The monoisotopic (exact) mass is 303 g/mol. The summed E-state index contributed by atoms with van der Waals surface area (Å²) in [7, 11) is 0. The average molecular weight is 303 g/mol. The van der Waals surface area contributed by atoms with Crippen LogP contribution in [-0.2, 0) is 13.0 Å². The van der Waals surface area contributed by atoms with E-state index in [1.807, 2.05) is 25.5 Å². The van der Waals surface area contributed by atoms with Crippen LogP contribution in [0.1, 0.15) is 40.1 Å². The maximum absolute atomic E-state index is 12.0.